The Morgan fingerprint density at radius 1 is 1.33 bits per heavy atom. The fourth-order valence-electron chi connectivity index (χ4n) is 2.83. The summed E-state index contributed by atoms with van der Waals surface area (Å²) in [6.07, 6.45) is 4.16. The van der Waals surface area contributed by atoms with Gasteiger partial charge in [-0.1, -0.05) is 24.3 Å². The van der Waals surface area contributed by atoms with Crippen LogP contribution in [-0.2, 0) is 17.9 Å². The fraction of sp³-hybridized carbons (Fsp3) is 0.556. The Kier molecular flexibility index (Phi) is 7.33. The van der Waals surface area contributed by atoms with Gasteiger partial charge >= 0.3 is 0 Å². The van der Waals surface area contributed by atoms with E-state index in [0.29, 0.717) is 19.0 Å². The summed E-state index contributed by atoms with van der Waals surface area (Å²) >= 11 is 0. The van der Waals surface area contributed by atoms with Crippen LogP contribution >= 0.6 is 24.0 Å². The van der Waals surface area contributed by atoms with Gasteiger partial charge in [0.15, 0.2) is 5.96 Å². The van der Waals surface area contributed by atoms with Crippen LogP contribution in [0.25, 0.3) is 0 Å². The van der Waals surface area contributed by atoms with Crippen molar-refractivity contribution in [1.29, 1.82) is 0 Å². The van der Waals surface area contributed by atoms with Crippen molar-refractivity contribution < 1.29 is 4.79 Å². The minimum Gasteiger partial charge on any atom is -0.357 e. The molecular weight excluding hydrogens is 415 g/mol. The lowest BCUT2D eigenvalue weighted by Gasteiger charge is -2.16. The van der Waals surface area contributed by atoms with Crippen LogP contribution in [0.5, 0.6) is 0 Å². The number of carbonyl (C=O) groups is 1. The van der Waals surface area contributed by atoms with Crippen LogP contribution in [-0.4, -0.2) is 35.9 Å². The van der Waals surface area contributed by atoms with Crippen LogP contribution in [0.1, 0.15) is 43.7 Å². The molecule has 24 heavy (non-hydrogen) atoms. The van der Waals surface area contributed by atoms with Gasteiger partial charge in [0.1, 0.15) is 0 Å². The summed E-state index contributed by atoms with van der Waals surface area (Å²) in [6.45, 7) is 5.21. The number of carbonyl (C=O) groups excluding carboxylic acids is 1. The molecule has 0 unspecified atom stereocenters. The normalized spacial score (nSPS) is 17.6. The zero-order chi connectivity index (χ0) is 16.1. The highest BCUT2D eigenvalue weighted by Gasteiger charge is 2.22. The number of aliphatic imine (C=N–C) groups is 1. The molecule has 1 aromatic rings. The number of benzene rings is 1. The summed E-state index contributed by atoms with van der Waals surface area (Å²) in [5, 5.41) is 6.72. The number of nitrogens with zero attached hydrogens (tertiary/aromatic N) is 2. The van der Waals surface area contributed by atoms with Gasteiger partial charge in [-0.05, 0) is 37.3 Å². The highest BCUT2D eigenvalue weighted by atomic mass is 127. The molecule has 1 aliphatic carbocycles. The second-order valence-electron chi connectivity index (χ2n) is 6.35. The molecule has 0 aromatic heterocycles. The minimum absolute atomic E-state index is 0. The quantitative estimate of drug-likeness (QED) is 0.405. The molecule has 0 spiro atoms. The Hall–Kier alpha value is -1.31. The molecule has 2 aliphatic rings. The average molecular weight is 442 g/mol. The van der Waals surface area contributed by atoms with Crippen LogP contribution in [0.2, 0.25) is 0 Å². The minimum atomic E-state index is 0. The third-order valence-corrected chi connectivity index (χ3v) is 4.22. The molecule has 0 radical (unpaired) electrons. The molecule has 5 nitrogen and oxygen atoms in total. The lowest BCUT2D eigenvalue weighted by molar-refractivity contribution is -0.128. The van der Waals surface area contributed by atoms with E-state index < -0.39 is 0 Å². The van der Waals surface area contributed by atoms with Gasteiger partial charge in [0.2, 0.25) is 5.91 Å². The summed E-state index contributed by atoms with van der Waals surface area (Å²) in [6, 6.07) is 9.00. The van der Waals surface area contributed by atoms with Crippen molar-refractivity contribution in [2.75, 3.05) is 13.1 Å². The third-order valence-electron chi connectivity index (χ3n) is 4.22. The van der Waals surface area contributed by atoms with Crippen LogP contribution < -0.4 is 10.6 Å². The number of guanidine groups is 1. The zero-order valence-corrected chi connectivity index (χ0v) is 16.6. The first-order valence-electron chi connectivity index (χ1n) is 8.65. The summed E-state index contributed by atoms with van der Waals surface area (Å²) in [4.78, 5) is 18.4. The SMILES string of the molecule is CCNC(=NCc1cccc(CN2CCCC2=O)c1)NC1CC1.I. The molecule has 0 atom stereocenters. The Balaban J connectivity index is 0.00000208. The van der Waals surface area contributed by atoms with Crippen LogP contribution in [0.4, 0.5) is 0 Å². The molecule has 1 amide bonds. The lowest BCUT2D eigenvalue weighted by Crippen LogP contribution is -2.38. The highest BCUT2D eigenvalue weighted by Crippen LogP contribution is 2.18. The second kappa shape index (κ2) is 9.25. The monoisotopic (exact) mass is 442 g/mol. The first-order chi connectivity index (χ1) is 11.2. The molecule has 1 saturated carbocycles. The van der Waals surface area contributed by atoms with Crippen molar-refractivity contribution in [2.24, 2.45) is 4.99 Å². The maximum absolute atomic E-state index is 11.7. The van der Waals surface area contributed by atoms with Crippen LogP contribution in [0, 0.1) is 0 Å². The molecule has 1 heterocycles. The average Bonchev–Trinajstić information content (AvgIpc) is 3.28. The molecule has 2 N–H and O–H groups in total. The predicted molar refractivity (Wildman–Crippen MR) is 107 cm³/mol. The van der Waals surface area contributed by atoms with Gasteiger partial charge in [0, 0.05) is 32.1 Å². The third kappa shape index (κ3) is 5.65. The van der Waals surface area contributed by atoms with Crippen molar-refractivity contribution in [3.05, 3.63) is 35.4 Å². The number of hydrogen-bond acceptors (Lipinski definition) is 2. The molecule has 1 aromatic carbocycles. The first-order valence-corrected chi connectivity index (χ1v) is 8.65. The Labute approximate surface area is 161 Å². The standard InChI is InChI=1S/C18H26N4O.HI/c1-2-19-18(21-16-8-9-16)20-12-14-5-3-6-15(11-14)13-22-10-4-7-17(22)23;/h3,5-6,11,16H,2,4,7-10,12-13H2,1H3,(H2,19,20,21);1H. The zero-order valence-electron chi connectivity index (χ0n) is 14.3. The molecule has 6 heteroatoms. The van der Waals surface area contributed by atoms with E-state index in [1.54, 1.807) is 0 Å². The number of amides is 1. The van der Waals surface area contributed by atoms with Crippen molar-refractivity contribution >= 4 is 35.8 Å². The summed E-state index contributed by atoms with van der Waals surface area (Å²) < 4.78 is 0. The number of halogens is 1. The van der Waals surface area contributed by atoms with Gasteiger partial charge < -0.3 is 15.5 Å². The van der Waals surface area contributed by atoms with Crippen molar-refractivity contribution in [3.63, 3.8) is 0 Å². The van der Waals surface area contributed by atoms with Gasteiger partial charge in [-0.3, -0.25) is 4.79 Å². The number of likely N-dealkylation sites (tertiary alicyclic amines) is 1. The summed E-state index contributed by atoms with van der Waals surface area (Å²) in [7, 11) is 0. The highest BCUT2D eigenvalue weighted by molar-refractivity contribution is 14.0. The maximum Gasteiger partial charge on any atom is 0.222 e. The Bertz CT molecular complexity index is 586. The van der Waals surface area contributed by atoms with Gasteiger partial charge in [-0.15, -0.1) is 24.0 Å². The lowest BCUT2D eigenvalue weighted by atomic mass is 10.1. The summed E-state index contributed by atoms with van der Waals surface area (Å²) in [5.74, 6) is 1.17. The fourth-order valence-corrected chi connectivity index (χ4v) is 2.83. The maximum atomic E-state index is 11.7. The largest absolute Gasteiger partial charge is 0.357 e. The molecule has 2 fully saturated rings. The van der Waals surface area contributed by atoms with E-state index in [2.05, 4.69) is 46.8 Å². The van der Waals surface area contributed by atoms with Crippen LogP contribution in [0.15, 0.2) is 29.3 Å². The van der Waals surface area contributed by atoms with E-state index in [9.17, 15) is 4.79 Å². The number of nitrogens with one attached hydrogen (secondary N) is 2. The second-order valence-corrected chi connectivity index (χ2v) is 6.35. The molecule has 1 saturated heterocycles. The van der Waals surface area contributed by atoms with E-state index in [-0.39, 0.29) is 29.9 Å². The van der Waals surface area contributed by atoms with Crippen LogP contribution in [0.3, 0.4) is 0 Å². The number of rotatable bonds is 6. The van der Waals surface area contributed by atoms with Gasteiger partial charge in [-0.25, -0.2) is 4.99 Å². The van der Waals surface area contributed by atoms with Crippen molar-refractivity contribution in [1.82, 2.24) is 15.5 Å². The smallest absolute Gasteiger partial charge is 0.222 e. The molecule has 0 bridgehead atoms. The van der Waals surface area contributed by atoms with Crippen molar-refractivity contribution in [2.45, 2.75) is 51.7 Å². The first kappa shape index (κ1) is 19.0. The molecule has 1 aliphatic heterocycles. The number of hydrogen-bond donors (Lipinski definition) is 2. The van der Waals surface area contributed by atoms with E-state index in [4.69, 9.17) is 0 Å². The van der Waals surface area contributed by atoms with E-state index in [0.717, 1.165) is 32.0 Å². The topological polar surface area (TPSA) is 56.7 Å². The molecular formula is C18H27IN4O. The van der Waals surface area contributed by atoms with Gasteiger partial charge in [-0.2, -0.15) is 0 Å². The summed E-state index contributed by atoms with van der Waals surface area (Å²) in [5.41, 5.74) is 2.37. The molecule has 132 valence electrons. The van der Waals surface area contributed by atoms with Gasteiger partial charge in [0.05, 0.1) is 6.54 Å². The van der Waals surface area contributed by atoms with E-state index >= 15 is 0 Å². The van der Waals surface area contributed by atoms with Gasteiger partial charge in [0.25, 0.3) is 0 Å². The Morgan fingerprint density at radius 2 is 2.12 bits per heavy atom. The predicted octanol–water partition coefficient (Wildman–Crippen LogP) is 2.64. The molecule has 3 rings (SSSR count). The Morgan fingerprint density at radius 3 is 2.79 bits per heavy atom. The van der Waals surface area contributed by atoms with E-state index in [1.165, 1.54) is 24.0 Å². The van der Waals surface area contributed by atoms with Crippen molar-refractivity contribution in [3.8, 4) is 0 Å². The van der Waals surface area contributed by atoms with E-state index in [1.807, 2.05) is 4.90 Å².